The molecule has 2 N–H and O–H groups in total. The first kappa shape index (κ1) is 15.2. The standard InChI is InChI=1S/C16H28N2/c1-5-6-14-7-9-15(10-8-14)13-18(4)12-11-16(2,3)17/h7-10H,5-6,11-13,17H2,1-4H3. The van der Waals surface area contributed by atoms with Crippen LogP contribution in [0.15, 0.2) is 24.3 Å². The fraction of sp³-hybridized carbons (Fsp3) is 0.625. The minimum Gasteiger partial charge on any atom is -0.326 e. The summed E-state index contributed by atoms with van der Waals surface area (Å²) in [5, 5.41) is 0. The fourth-order valence-corrected chi connectivity index (χ4v) is 1.97. The highest BCUT2D eigenvalue weighted by Gasteiger charge is 2.11. The van der Waals surface area contributed by atoms with Crippen molar-refractivity contribution >= 4 is 0 Å². The van der Waals surface area contributed by atoms with E-state index in [0.717, 1.165) is 19.5 Å². The van der Waals surface area contributed by atoms with Crippen LogP contribution in [-0.2, 0) is 13.0 Å². The molecular weight excluding hydrogens is 220 g/mol. The van der Waals surface area contributed by atoms with Crippen molar-refractivity contribution in [3.63, 3.8) is 0 Å². The van der Waals surface area contributed by atoms with Gasteiger partial charge in [-0.3, -0.25) is 0 Å². The van der Waals surface area contributed by atoms with Crippen LogP contribution in [0.5, 0.6) is 0 Å². The Bertz CT molecular complexity index is 335. The average Bonchev–Trinajstić information content (AvgIpc) is 2.29. The molecule has 0 radical (unpaired) electrons. The summed E-state index contributed by atoms with van der Waals surface area (Å²) in [5.74, 6) is 0. The van der Waals surface area contributed by atoms with Gasteiger partial charge in [0.05, 0.1) is 0 Å². The lowest BCUT2D eigenvalue weighted by molar-refractivity contribution is 0.289. The zero-order valence-corrected chi connectivity index (χ0v) is 12.4. The Morgan fingerprint density at radius 3 is 2.17 bits per heavy atom. The maximum atomic E-state index is 6.00. The van der Waals surface area contributed by atoms with Gasteiger partial charge in [-0.1, -0.05) is 37.6 Å². The van der Waals surface area contributed by atoms with Gasteiger partial charge >= 0.3 is 0 Å². The Morgan fingerprint density at radius 2 is 1.67 bits per heavy atom. The molecule has 2 heteroatoms. The molecule has 0 amide bonds. The van der Waals surface area contributed by atoms with E-state index in [-0.39, 0.29) is 5.54 Å². The van der Waals surface area contributed by atoms with Crippen molar-refractivity contribution in [3.05, 3.63) is 35.4 Å². The molecule has 0 aliphatic carbocycles. The lowest BCUT2D eigenvalue weighted by Gasteiger charge is -2.23. The van der Waals surface area contributed by atoms with Crippen LogP contribution < -0.4 is 5.73 Å². The van der Waals surface area contributed by atoms with E-state index in [1.165, 1.54) is 24.0 Å². The van der Waals surface area contributed by atoms with Crippen LogP contribution in [0.2, 0.25) is 0 Å². The molecule has 18 heavy (non-hydrogen) atoms. The number of nitrogens with two attached hydrogens (primary N) is 1. The predicted octanol–water partition coefficient (Wildman–Crippen LogP) is 3.20. The first-order chi connectivity index (χ1) is 8.40. The molecule has 102 valence electrons. The Labute approximate surface area is 112 Å². The number of hydrogen-bond acceptors (Lipinski definition) is 2. The van der Waals surface area contributed by atoms with Gasteiger partial charge in [0.2, 0.25) is 0 Å². The van der Waals surface area contributed by atoms with Crippen LogP contribution in [0.1, 0.15) is 44.7 Å². The highest BCUT2D eigenvalue weighted by molar-refractivity contribution is 5.22. The summed E-state index contributed by atoms with van der Waals surface area (Å²) in [6, 6.07) is 8.99. The lowest BCUT2D eigenvalue weighted by atomic mass is 10.0. The smallest absolute Gasteiger partial charge is 0.0230 e. The van der Waals surface area contributed by atoms with Gasteiger partial charge in [0, 0.05) is 12.1 Å². The van der Waals surface area contributed by atoms with E-state index in [4.69, 9.17) is 5.73 Å². The molecule has 1 aromatic carbocycles. The van der Waals surface area contributed by atoms with Crippen molar-refractivity contribution in [2.75, 3.05) is 13.6 Å². The molecular formula is C16H28N2. The summed E-state index contributed by atoms with van der Waals surface area (Å²) < 4.78 is 0. The van der Waals surface area contributed by atoms with Crippen LogP contribution >= 0.6 is 0 Å². The van der Waals surface area contributed by atoms with E-state index < -0.39 is 0 Å². The van der Waals surface area contributed by atoms with E-state index >= 15 is 0 Å². The minimum atomic E-state index is -0.0702. The highest BCUT2D eigenvalue weighted by Crippen LogP contribution is 2.10. The van der Waals surface area contributed by atoms with Crippen LogP contribution in [-0.4, -0.2) is 24.0 Å². The van der Waals surface area contributed by atoms with Crippen molar-refractivity contribution < 1.29 is 0 Å². The van der Waals surface area contributed by atoms with E-state index in [0.29, 0.717) is 0 Å². The van der Waals surface area contributed by atoms with Crippen molar-refractivity contribution in [1.82, 2.24) is 4.90 Å². The topological polar surface area (TPSA) is 29.3 Å². The lowest BCUT2D eigenvalue weighted by Crippen LogP contribution is -2.36. The summed E-state index contributed by atoms with van der Waals surface area (Å²) >= 11 is 0. The first-order valence-electron chi connectivity index (χ1n) is 6.96. The third-order valence-corrected chi connectivity index (χ3v) is 3.15. The summed E-state index contributed by atoms with van der Waals surface area (Å²) in [4.78, 5) is 2.34. The molecule has 1 rings (SSSR count). The van der Waals surface area contributed by atoms with Gasteiger partial charge in [-0.25, -0.2) is 0 Å². The highest BCUT2D eigenvalue weighted by atomic mass is 15.1. The van der Waals surface area contributed by atoms with Crippen LogP contribution in [0.25, 0.3) is 0 Å². The van der Waals surface area contributed by atoms with Crippen molar-refractivity contribution in [2.45, 2.75) is 52.1 Å². The molecule has 0 aliphatic heterocycles. The summed E-state index contributed by atoms with van der Waals surface area (Å²) in [7, 11) is 2.16. The third kappa shape index (κ3) is 6.18. The van der Waals surface area contributed by atoms with Gasteiger partial charge in [0.1, 0.15) is 0 Å². The van der Waals surface area contributed by atoms with Gasteiger partial charge in [0.15, 0.2) is 0 Å². The second-order valence-electron chi connectivity index (χ2n) is 6.04. The number of hydrogen-bond donors (Lipinski definition) is 1. The Balaban J connectivity index is 2.41. The summed E-state index contributed by atoms with van der Waals surface area (Å²) in [5.41, 5.74) is 8.75. The molecule has 0 heterocycles. The van der Waals surface area contributed by atoms with Gasteiger partial charge in [0.25, 0.3) is 0 Å². The zero-order chi connectivity index (χ0) is 13.6. The molecule has 0 aromatic heterocycles. The largest absolute Gasteiger partial charge is 0.326 e. The predicted molar refractivity (Wildman–Crippen MR) is 79.7 cm³/mol. The van der Waals surface area contributed by atoms with Crippen LogP contribution in [0.3, 0.4) is 0 Å². The maximum Gasteiger partial charge on any atom is 0.0230 e. The second-order valence-corrected chi connectivity index (χ2v) is 6.04. The molecule has 0 atom stereocenters. The molecule has 0 saturated carbocycles. The number of benzene rings is 1. The molecule has 0 saturated heterocycles. The molecule has 2 nitrogen and oxygen atoms in total. The van der Waals surface area contributed by atoms with E-state index in [1.54, 1.807) is 0 Å². The number of aryl methyl sites for hydroxylation is 1. The monoisotopic (exact) mass is 248 g/mol. The SMILES string of the molecule is CCCc1ccc(CN(C)CCC(C)(C)N)cc1. The first-order valence-corrected chi connectivity index (χ1v) is 6.96. The molecule has 0 spiro atoms. The average molecular weight is 248 g/mol. The molecule has 0 fully saturated rings. The maximum absolute atomic E-state index is 6.00. The van der Waals surface area contributed by atoms with Crippen molar-refractivity contribution in [3.8, 4) is 0 Å². The fourth-order valence-electron chi connectivity index (χ4n) is 1.97. The van der Waals surface area contributed by atoms with E-state index in [1.807, 2.05) is 0 Å². The Morgan fingerprint density at radius 1 is 1.11 bits per heavy atom. The minimum absolute atomic E-state index is 0.0702. The molecule has 1 aromatic rings. The quantitative estimate of drug-likeness (QED) is 0.803. The summed E-state index contributed by atoms with van der Waals surface area (Å²) in [6.07, 6.45) is 3.42. The Kier molecular flexibility index (Phi) is 5.83. The van der Waals surface area contributed by atoms with Crippen LogP contribution in [0, 0.1) is 0 Å². The molecule has 0 unspecified atom stereocenters. The Hall–Kier alpha value is -0.860. The van der Waals surface area contributed by atoms with Crippen molar-refractivity contribution in [2.24, 2.45) is 5.73 Å². The van der Waals surface area contributed by atoms with E-state index in [9.17, 15) is 0 Å². The van der Waals surface area contributed by atoms with Crippen LogP contribution in [0.4, 0.5) is 0 Å². The zero-order valence-electron chi connectivity index (χ0n) is 12.4. The normalized spacial score (nSPS) is 12.1. The summed E-state index contributed by atoms with van der Waals surface area (Å²) in [6.45, 7) is 8.43. The number of nitrogens with zero attached hydrogens (tertiary/aromatic N) is 1. The van der Waals surface area contributed by atoms with Gasteiger partial charge in [-0.15, -0.1) is 0 Å². The van der Waals surface area contributed by atoms with Gasteiger partial charge in [-0.05, 0) is 51.4 Å². The van der Waals surface area contributed by atoms with Crippen molar-refractivity contribution in [1.29, 1.82) is 0 Å². The van der Waals surface area contributed by atoms with Gasteiger partial charge < -0.3 is 10.6 Å². The molecule has 0 aliphatic rings. The van der Waals surface area contributed by atoms with E-state index in [2.05, 4.69) is 57.0 Å². The van der Waals surface area contributed by atoms with Gasteiger partial charge in [-0.2, -0.15) is 0 Å². The second kappa shape index (κ2) is 6.91. The molecule has 0 bridgehead atoms. The number of rotatable bonds is 7. The third-order valence-electron chi connectivity index (χ3n) is 3.15.